The molecule has 0 aliphatic rings. The first-order valence-corrected chi connectivity index (χ1v) is 5.59. The first-order chi connectivity index (χ1) is 9.65. The molecule has 0 atom stereocenters. The number of hydrogen-bond acceptors (Lipinski definition) is 5. The number of anilines is 1. The van der Waals surface area contributed by atoms with Crippen molar-refractivity contribution in [1.82, 2.24) is 15.0 Å². The quantitative estimate of drug-likeness (QED) is 0.809. The number of amides is 1. The lowest BCUT2D eigenvalue weighted by atomic mass is 10.2. The molecule has 1 amide bonds. The zero-order valence-corrected chi connectivity index (χ0v) is 10.2. The molecule has 0 spiro atoms. The van der Waals surface area contributed by atoms with Gasteiger partial charge in [0.2, 0.25) is 0 Å². The summed E-state index contributed by atoms with van der Waals surface area (Å²) < 4.78 is 0. The second-order valence-corrected chi connectivity index (χ2v) is 3.69. The molecular weight excluding hydrogens is 260 g/mol. The van der Waals surface area contributed by atoms with Crippen LogP contribution < -0.4 is 5.32 Å². The van der Waals surface area contributed by atoms with Crippen molar-refractivity contribution in [2.45, 2.75) is 0 Å². The van der Waals surface area contributed by atoms with Crippen LogP contribution in [0.15, 0.2) is 43.0 Å². The number of carbonyl (C=O) groups excluding carboxylic acids is 1. The molecule has 2 aromatic heterocycles. The molecule has 0 bridgehead atoms. The number of nitrogens with zero attached hydrogens (tertiary/aromatic N) is 3. The molecule has 100 valence electrons. The third-order valence-electron chi connectivity index (χ3n) is 2.24. The van der Waals surface area contributed by atoms with Crippen LogP contribution in [0.2, 0.25) is 0 Å². The Morgan fingerprint density at radius 3 is 2.75 bits per heavy atom. The Morgan fingerprint density at radius 1 is 1.20 bits per heavy atom. The van der Waals surface area contributed by atoms with Gasteiger partial charge in [-0.05, 0) is 23.8 Å². The second kappa shape index (κ2) is 6.19. The summed E-state index contributed by atoms with van der Waals surface area (Å²) in [5.74, 6) is -1.19. The van der Waals surface area contributed by atoms with E-state index in [0.29, 0.717) is 11.4 Å². The Hall–Kier alpha value is -3.09. The molecule has 2 rings (SSSR count). The van der Waals surface area contributed by atoms with Gasteiger partial charge in [-0.1, -0.05) is 0 Å². The highest BCUT2D eigenvalue weighted by atomic mass is 16.4. The summed E-state index contributed by atoms with van der Waals surface area (Å²) in [7, 11) is 0. The highest BCUT2D eigenvalue weighted by Gasteiger charge is 2.07. The lowest BCUT2D eigenvalue weighted by Gasteiger charge is -2.03. The monoisotopic (exact) mass is 270 g/mol. The van der Waals surface area contributed by atoms with Gasteiger partial charge in [0.15, 0.2) is 0 Å². The van der Waals surface area contributed by atoms with E-state index < -0.39 is 11.9 Å². The van der Waals surface area contributed by atoms with E-state index in [1.54, 1.807) is 12.1 Å². The molecule has 0 unspecified atom stereocenters. The van der Waals surface area contributed by atoms with Crippen molar-refractivity contribution in [3.63, 3.8) is 0 Å². The summed E-state index contributed by atoms with van der Waals surface area (Å²) in [6, 6.07) is 3.17. The van der Waals surface area contributed by atoms with Crippen LogP contribution in [0.25, 0.3) is 6.08 Å². The molecule has 0 aromatic carbocycles. The Bertz CT molecular complexity index is 656. The Morgan fingerprint density at radius 2 is 2.05 bits per heavy atom. The zero-order chi connectivity index (χ0) is 14.4. The molecule has 7 heteroatoms. The molecule has 20 heavy (non-hydrogen) atoms. The van der Waals surface area contributed by atoms with E-state index in [4.69, 9.17) is 5.11 Å². The first-order valence-electron chi connectivity index (χ1n) is 5.59. The van der Waals surface area contributed by atoms with Crippen LogP contribution in [0.3, 0.4) is 0 Å². The molecule has 2 heterocycles. The van der Waals surface area contributed by atoms with Gasteiger partial charge >= 0.3 is 5.97 Å². The number of carboxylic acids is 1. The molecule has 0 fully saturated rings. The molecule has 0 aliphatic heterocycles. The van der Waals surface area contributed by atoms with E-state index in [0.717, 1.165) is 6.08 Å². The van der Waals surface area contributed by atoms with Crippen LogP contribution >= 0.6 is 0 Å². The molecular formula is C13H10N4O3. The van der Waals surface area contributed by atoms with Crippen LogP contribution in [0.4, 0.5) is 5.82 Å². The van der Waals surface area contributed by atoms with Gasteiger partial charge in [0.05, 0.1) is 6.20 Å². The number of carboxylic acid groups (broad SMARTS) is 1. The van der Waals surface area contributed by atoms with Gasteiger partial charge in [0.25, 0.3) is 5.91 Å². The van der Waals surface area contributed by atoms with Gasteiger partial charge in [-0.2, -0.15) is 0 Å². The molecule has 2 N–H and O–H groups in total. The third kappa shape index (κ3) is 3.70. The number of aliphatic carboxylic acids is 1. The molecule has 0 aliphatic carbocycles. The van der Waals surface area contributed by atoms with Crippen molar-refractivity contribution in [2.75, 3.05) is 5.32 Å². The average Bonchev–Trinajstić information content (AvgIpc) is 2.46. The van der Waals surface area contributed by atoms with E-state index in [1.807, 2.05) is 0 Å². The second-order valence-electron chi connectivity index (χ2n) is 3.69. The predicted molar refractivity (Wildman–Crippen MR) is 70.9 cm³/mol. The number of aromatic nitrogens is 3. The number of rotatable bonds is 4. The number of nitrogens with one attached hydrogen (secondary N) is 1. The SMILES string of the molecule is O=C(O)/C=C/c1ccnc(NC(=O)c2cnccn2)c1. The highest BCUT2D eigenvalue weighted by molar-refractivity contribution is 6.02. The predicted octanol–water partition coefficient (Wildman–Crippen LogP) is 1.22. The highest BCUT2D eigenvalue weighted by Crippen LogP contribution is 2.09. The topological polar surface area (TPSA) is 105 Å². The molecule has 2 aromatic rings. The van der Waals surface area contributed by atoms with E-state index >= 15 is 0 Å². The molecule has 0 saturated heterocycles. The number of hydrogen-bond donors (Lipinski definition) is 2. The van der Waals surface area contributed by atoms with Crippen LogP contribution in [-0.2, 0) is 4.79 Å². The summed E-state index contributed by atoms with van der Waals surface area (Å²) in [6.07, 6.45) is 8.09. The fourth-order valence-corrected chi connectivity index (χ4v) is 1.38. The minimum atomic E-state index is -1.05. The molecule has 0 radical (unpaired) electrons. The van der Waals surface area contributed by atoms with Gasteiger partial charge in [-0.15, -0.1) is 0 Å². The zero-order valence-electron chi connectivity index (χ0n) is 10.2. The van der Waals surface area contributed by atoms with Crippen molar-refractivity contribution < 1.29 is 14.7 Å². The van der Waals surface area contributed by atoms with Crippen molar-refractivity contribution in [3.05, 3.63) is 54.3 Å². The fourth-order valence-electron chi connectivity index (χ4n) is 1.38. The van der Waals surface area contributed by atoms with E-state index in [2.05, 4.69) is 20.3 Å². The lowest BCUT2D eigenvalue weighted by molar-refractivity contribution is -0.131. The Balaban J connectivity index is 2.12. The van der Waals surface area contributed by atoms with E-state index in [1.165, 1.54) is 30.9 Å². The number of carbonyl (C=O) groups is 2. The van der Waals surface area contributed by atoms with Crippen molar-refractivity contribution >= 4 is 23.8 Å². The van der Waals surface area contributed by atoms with Crippen LogP contribution in [-0.4, -0.2) is 31.9 Å². The summed E-state index contributed by atoms with van der Waals surface area (Å²) in [5.41, 5.74) is 0.776. The fraction of sp³-hybridized carbons (Fsp3) is 0. The molecule has 0 saturated carbocycles. The minimum Gasteiger partial charge on any atom is -0.478 e. The van der Waals surface area contributed by atoms with Crippen LogP contribution in [0.5, 0.6) is 0 Å². The van der Waals surface area contributed by atoms with Gasteiger partial charge in [-0.3, -0.25) is 9.78 Å². The Kier molecular flexibility index (Phi) is 4.13. The summed E-state index contributed by atoms with van der Waals surface area (Å²) in [6.45, 7) is 0. The largest absolute Gasteiger partial charge is 0.478 e. The van der Waals surface area contributed by atoms with Gasteiger partial charge < -0.3 is 10.4 Å². The van der Waals surface area contributed by atoms with Gasteiger partial charge in [-0.25, -0.2) is 14.8 Å². The van der Waals surface area contributed by atoms with E-state index in [-0.39, 0.29) is 5.69 Å². The van der Waals surface area contributed by atoms with Crippen LogP contribution in [0.1, 0.15) is 16.1 Å². The van der Waals surface area contributed by atoms with E-state index in [9.17, 15) is 9.59 Å². The standard InChI is InChI=1S/C13H10N4O3/c18-12(19)2-1-9-3-4-16-11(7-9)17-13(20)10-8-14-5-6-15-10/h1-8H,(H,18,19)(H,16,17,20)/b2-1+. The van der Waals surface area contributed by atoms with Gasteiger partial charge in [0.1, 0.15) is 11.5 Å². The summed E-state index contributed by atoms with van der Waals surface area (Å²) >= 11 is 0. The maximum atomic E-state index is 11.8. The summed E-state index contributed by atoms with van der Waals surface area (Å²) in [4.78, 5) is 33.9. The maximum Gasteiger partial charge on any atom is 0.328 e. The van der Waals surface area contributed by atoms with Crippen molar-refractivity contribution in [1.29, 1.82) is 0 Å². The smallest absolute Gasteiger partial charge is 0.328 e. The van der Waals surface area contributed by atoms with Crippen molar-refractivity contribution in [2.24, 2.45) is 0 Å². The first kappa shape index (κ1) is 13.3. The van der Waals surface area contributed by atoms with Crippen molar-refractivity contribution in [3.8, 4) is 0 Å². The normalized spacial score (nSPS) is 10.4. The number of pyridine rings is 1. The van der Waals surface area contributed by atoms with Gasteiger partial charge in [0, 0.05) is 24.7 Å². The minimum absolute atomic E-state index is 0.167. The Labute approximate surface area is 114 Å². The average molecular weight is 270 g/mol. The maximum absolute atomic E-state index is 11.8. The lowest BCUT2D eigenvalue weighted by Crippen LogP contribution is -2.14. The van der Waals surface area contributed by atoms with Crippen LogP contribution in [0, 0.1) is 0 Å². The summed E-state index contributed by atoms with van der Waals surface area (Å²) in [5, 5.41) is 11.1. The third-order valence-corrected chi connectivity index (χ3v) is 2.24. The molecule has 7 nitrogen and oxygen atoms in total.